The molecule has 2 aromatic rings. The highest BCUT2D eigenvalue weighted by Gasteiger charge is 2.36. The Morgan fingerprint density at radius 1 is 1.17 bits per heavy atom. The van der Waals surface area contributed by atoms with Gasteiger partial charge in [-0.3, -0.25) is 14.5 Å². The van der Waals surface area contributed by atoms with Crippen molar-refractivity contribution in [3.05, 3.63) is 66.2 Å². The number of nitrogens with zero attached hydrogens (tertiary/aromatic N) is 1. The van der Waals surface area contributed by atoms with Gasteiger partial charge in [0.25, 0.3) is 5.91 Å². The fourth-order valence-corrected chi connectivity index (χ4v) is 3.24. The molecular formula is C19H18N2O2S. The second kappa shape index (κ2) is 6.53. The Bertz CT molecular complexity index is 797. The zero-order chi connectivity index (χ0) is 17.3. The van der Waals surface area contributed by atoms with E-state index in [1.54, 1.807) is 24.8 Å². The van der Waals surface area contributed by atoms with Crippen LogP contribution < -0.4 is 5.32 Å². The maximum atomic E-state index is 12.6. The molecule has 0 fully saturated rings. The van der Waals surface area contributed by atoms with E-state index in [0.29, 0.717) is 16.9 Å². The van der Waals surface area contributed by atoms with Crippen molar-refractivity contribution in [2.45, 2.75) is 17.9 Å². The molecule has 0 radical (unpaired) electrons. The van der Waals surface area contributed by atoms with Crippen LogP contribution in [0.15, 0.2) is 60.0 Å². The van der Waals surface area contributed by atoms with Gasteiger partial charge in [-0.05, 0) is 37.4 Å². The van der Waals surface area contributed by atoms with Crippen LogP contribution in [0.3, 0.4) is 0 Å². The molecule has 0 aromatic heterocycles. The molecule has 0 saturated carbocycles. The lowest BCUT2D eigenvalue weighted by Crippen LogP contribution is -2.41. The quantitative estimate of drug-likeness (QED) is 0.861. The van der Waals surface area contributed by atoms with Crippen molar-refractivity contribution in [2.75, 3.05) is 11.6 Å². The first-order valence-corrected chi connectivity index (χ1v) is 8.82. The van der Waals surface area contributed by atoms with Gasteiger partial charge in [0, 0.05) is 27.4 Å². The standard InChI is InChI=1S/C19H18N2O2S/c1-12-16-9-4-5-10-17(16)19(23)21(12)13(2)18(22)20-14-7-6-8-15(11-14)24-3/h4-11,13H,1H2,2-3H3,(H,20,22). The van der Waals surface area contributed by atoms with E-state index in [0.717, 1.165) is 10.5 Å². The molecule has 0 saturated heterocycles. The molecule has 1 heterocycles. The third-order valence-corrected chi connectivity index (χ3v) is 4.81. The van der Waals surface area contributed by atoms with Gasteiger partial charge >= 0.3 is 0 Å². The largest absolute Gasteiger partial charge is 0.324 e. The van der Waals surface area contributed by atoms with E-state index in [4.69, 9.17) is 0 Å². The summed E-state index contributed by atoms with van der Waals surface area (Å²) in [6.07, 6.45) is 1.98. The van der Waals surface area contributed by atoms with Gasteiger partial charge in [-0.1, -0.05) is 30.8 Å². The Kier molecular flexibility index (Phi) is 4.44. The summed E-state index contributed by atoms with van der Waals surface area (Å²) in [5.74, 6) is -0.424. The SMILES string of the molecule is C=C1c2ccccc2C(=O)N1C(C)C(=O)Nc1cccc(SC)c1. The fourth-order valence-electron chi connectivity index (χ4n) is 2.78. The summed E-state index contributed by atoms with van der Waals surface area (Å²) in [5.41, 5.74) is 2.66. The Morgan fingerprint density at radius 3 is 2.54 bits per heavy atom. The molecule has 1 aliphatic rings. The minimum Gasteiger partial charge on any atom is -0.324 e. The zero-order valence-corrected chi connectivity index (χ0v) is 14.4. The van der Waals surface area contributed by atoms with Crippen molar-refractivity contribution < 1.29 is 9.59 Å². The number of anilines is 1. The lowest BCUT2D eigenvalue weighted by molar-refractivity contribution is -0.119. The molecule has 1 N–H and O–H groups in total. The summed E-state index contributed by atoms with van der Waals surface area (Å²) in [7, 11) is 0. The van der Waals surface area contributed by atoms with Crippen molar-refractivity contribution in [3.63, 3.8) is 0 Å². The van der Waals surface area contributed by atoms with Crippen LogP contribution in [0.2, 0.25) is 0 Å². The molecule has 3 rings (SSSR count). The first-order chi connectivity index (χ1) is 11.5. The second-order valence-electron chi connectivity index (χ2n) is 5.56. The van der Waals surface area contributed by atoms with Crippen LogP contribution in [-0.2, 0) is 4.79 Å². The highest BCUT2D eigenvalue weighted by atomic mass is 32.2. The van der Waals surface area contributed by atoms with Crippen molar-refractivity contribution in [3.8, 4) is 0 Å². The number of rotatable bonds is 4. The van der Waals surface area contributed by atoms with Crippen LogP contribution >= 0.6 is 11.8 Å². The third kappa shape index (κ3) is 2.83. The van der Waals surface area contributed by atoms with Crippen LogP contribution in [0.25, 0.3) is 5.70 Å². The van der Waals surface area contributed by atoms with E-state index in [2.05, 4.69) is 11.9 Å². The monoisotopic (exact) mass is 338 g/mol. The number of carbonyl (C=O) groups excluding carboxylic acids is 2. The smallest absolute Gasteiger partial charge is 0.259 e. The summed E-state index contributed by atoms with van der Waals surface area (Å²) in [4.78, 5) is 27.7. The molecule has 2 amide bonds. The lowest BCUT2D eigenvalue weighted by atomic mass is 10.1. The number of benzene rings is 2. The van der Waals surface area contributed by atoms with Gasteiger partial charge in [-0.25, -0.2) is 0 Å². The van der Waals surface area contributed by atoms with Crippen LogP contribution in [0.1, 0.15) is 22.8 Å². The summed E-state index contributed by atoms with van der Waals surface area (Å²) in [6, 6.07) is 14.2. The van der Waals surface area contributed by atoms with E-state index in [1.807, 2.05) is 48.7 Å². The highest BCUT2D eigenvalue weighted by Crippen LogP contribution is 2.33. The number of fused-ring (bicyclic) bond motifs is 1. The number of carbonyl (C=O) groups is 2. The average molecular weight is 338 g/mol. The molecule has 0 bridgehead atoms. The number of nitrogens with one attached hydrogen (secondary N) is 1. The molecule has 1 aliphatic heterocycles. The van der Waals surface area contributed by atoms with E-state index >= 15 is 0 Å². The van der Waals surface area contributed by atoms with Gasteiger partial charge in [-0.15, -0.1) is 11.8 Å². The lowest BCUT2D eigenvalue weighted by Gasteiger charge is -2.24. The minimum absolute atomic E-state index is 0.184. The van der Waals surface area contributed by atoms with Gasteiger partial charge in [0.05, 0.1) is 0 Å². The molecule has 4 nitrogen and oxygen atoms in total. The van der Waals surface area contributed by atoms with Gasteiger partial charge in [0.1, 0.15) is 6.04 Å². The van der Waals surface area contributed by atoms with Crippen LogP contribution in [0.5, 0.6) is 0 Å². The Morgan fingerprint density at radius 2 is 1.88 bits per heavy atom. The Balaban J connectivity index is 1.79. The fraction of sp³-hybridized carbons (Fsp3) is 0.158. The van der Waals surface area contributed by atoms with Gasteiger partial charge in [-0.2, -0.15) is 0 Å². The summed E-state index contributed by atoms with van der Waals surface area (Å²) in [6.45, 7) is 5.70. The predicted octanol–water partition coefficient (Wildman–Crippen LogP) is 3.86. The topological polar surface area (TPSA) is 49.4 Å². The third-order valence-electron chi connectivity index (χ3n) is 4.08. The summed E-state index contributed by atoms with van der Waals surface area (Å²) in [5, 5.41) is 2.87. The summed E-state index contributed by atoms with van der Waals surface area (Å²) >= 11 is 1.61. The zero-order valence-electron chi connectivity index (χ0n) is 13.6. The van der Waals surface area contributed by atoms with Gasteiger partial charge in [0.2, 0.25) is 5.91 Å². The van der Waals surface area contributed by atoms with Gasteiger partial charge < -0.3 is 5.32 Å². The first-order valence-electron chi connectivity index (χ1n) is 7.59. The maximum Gasteiger partial charge on any atom is 0.259 e. The van der Waals surface area contributed by atoms with Crippen LogP contribution in [0, 0.1) is 0 Å². The average Bonchev–Trinajstić information content (AvgIpc) is 2.86. The maximum absolute atomic E-state index is 12.6. The Hall–Kier alpha value is -2.53. The molecule has 5 heteroatoms. The first kappa shape index (κ1) is 16.3. The molecule has 0 spiro atoms. The van der Waals surface area contributed by atoms with Crippen molar-refractivity contribution in [1.29, 1.82) is 0 Å². The Labute approximate surface area is 145 Å². The molecule has 122 valence electrons. The molecule has 2 aromatic carbocycles. The number of thioether (sulfide) groups is 1. The normalized spacial score (nSPS) is 14.5. The van der Waals surface area contributed by atoms with Crippen molar-refractivity contribution >= 4 is 35.0 Å². The molecule has 1 atom stereocenters. The van der Waals surface area contributed by atoms with E-state index in [-0.39, 0.29) is 11.8 Å². The van der Waals surface area contributed by atoms with Crippen LogP contribution in [-0.4, -0.2) is 29.0 Å². The van der Waals surface area contributed by atoms with E-state index in [9.17, 15) is 9.59 Å². The minimum atomic E-state index is -0.643. The number of amides is 2. The second-order valence-corrected chi connectivity index (χ2v) is 6.44. The molecule has 24 heavy (non-hydrogen) atoms. The van der Waals surface area contributed by atoms with Crippen LogP contribution in [0.4, 0.5) is 5.69 Å². The molecule has 1 unspecified atom stereocenters. The van der Waals surface area contributed by atoms with Gasteiger partial charge in [0.15, 0.2) is 0 Å². The number of hydrogen-bond acceptors (Lipinski definition) is 3. The number of hydrogen-bond donors (Lipinski definition) is 1. The van der Waals surface area contributed by atoms with Crippen molar-refractivity contribution in [2.24, 2.45) is 0 Å². The molecule has 0 aliphatic carbocycles. The van der Waals surface area contributed by atoms with E-state index in [1.165, 1.54) is 4.90 Å². The highest BCUT2D eigenvalue weighted by molar-refractivity contribution is 7.98. The van der Waals surface area contributed by atoms with E-state index < -0.39 is 6.04 Å². The van der Waals surface area contributed by atoms with Crippen molar-refractivity contribution in [1.82, 2.24) is 4.90 Å². The predicted molar refractivity (Wildman–Crippen MR) is 98.0 cm³/mol. The summed E-state index contributed by atoms with van der Waals surface area (Å²) < 4.78 is 0. The molecular weight excluding hydrogens is 320 g/mol.